The molecule has 1 fully saturated rings. The summed E-state index contributed by atoms with van der Waals surface area (Å²) in [7, 11) is 0. The van der Waals surface area contributed by atoms with Gasteiger partial charge in [0.05, 0.1) is 23.9 Å². The molecule has 30 heavy (non-hydrogen) atoms. The van der Waals surface area contributed by atoms with Gasteiger partial charge in [-0.2, -0.15) is 5.10 Å². The van der Waals surface area contributed by atoms with Gasteiger partial charge in [0.15, 0.2) is 5.82 Å². The smallest absolute Gasteiger partial charge is 0.310 e. The Hall–Kier alpha value is -3.35. The van der Waals surface area contributed by atoms with E-state index in [1.54, 1.807) is 16.5 Å². The van der Waals surface area contributed by atoms with E-state index >= 15 is 0 Å². The first-order valence-corrected chi connectivity index (χ1v) is 10.3. The number of benzene rings is 1. The fourth-order valence-corrected chi connectivity index (χ4v) is 4.00. The standard InChI is InChI=1S/C23H26N4O3/c1-3-30-23(29)18-10-9-15-26(16-18)22(28)20-17(2)24-27(19-11-5-4-6-12-19)21(20)25-13-7-8-14-25/h4-8,11-14,18H,3,9-10,15-16H2,1-2H3. The van der Waals surface area contributed by atoms with Crippen molar-refractivity contribution in [3.63, 3.8) is 0 Å². The molecule has 156 valence electrons. The van der Waals surface area contributed by atoms with Crippen LogP contribution in [0.2, 0.25) is 0 Å². The highest BCUT2D eigenvalue weighted by atomic mass is 16.5. The van der Waals surface area contributed by atoms with Crippen LogP contribution in [0.5, 0.6) is 0 Å². The zero-order valence-electron chi connectivity index (χ0n) is 17.3. The fourth-order valence-electron chi connectivity index (χ4n) is 4.00. The molecule has 1 amide bonds. The third-order valence-electron chi connectivity index (χ3n) is 5.43. The number of esters is 1. The summed E-state index contributed by atoms with van der Waals surface area (Å²) in [5.74, 6) is 0.0961. The van der Waals surface area contributed by atoms with E-state index in [1.807, 2.05) is 66.3 Å². The Labute approximate surface area is 175 Å². The molecule has 1 unspecified atom stereocenters. The molecule has 0 spiro atoms. The first-order chi connectivity index (χ1) is 14.6. The Balaban J connectivity index is 1.73. The topological polar surface area (TPSA) is 69.4 Å². The number of para-hydroxylation sites is 1. The molecule has 3 aromatic rings. The molecule has 0 N–H and O–H groups in total. The number of carbonyl (C=O) groups is 2. The van der Waals surface area contributed by atoms with Crippen molar-refractivity contribution in [1.29, 1.82) is 0 Å². The maximum Gasteiger partial charge on any atom is 0.310 e. The van der Waals surface area contributed by atoms with Crippen LogP contribution in [0.15, 0.2) is 54.9 Å². The fraction of sp³-hybridized carbons (Fsp3) is 0.348. The predicted octanol–water partition coefficient (Wildman–Crippen LogP) is 3.39. The minimum absolute atomic E-state index is 0.104. The van der Waals surface area contributed by atoms with Crippen molar-refractivity contribution >= 4 is 11.9 Å². The number of likely N-dealkylation sites (tertiary alicyclic amines) is 1. The van der Waals surface area contributed by atoms with Crippen molar-refractivity contribution in [3.05, 3.63) is 66.1 Å². The lowest BCUT2D eigenvalue weighted by Gasteiger charge is -2.31. The van der Waals surface area contributed by atoms with Gasteiger partial charge in [-0.25, -0.2) is 4.68 Å². The number of carbonyl (C=O) groups excluding carboxylic acids is 2. The normalized spacial score (nSPS) is 16.5. The number of aryl methyl sites for hydroxylation is 1. The van der Waals surface area contributed by atoms with Crippen molar-refractivity contribution < 1.29 is 14.3 Å². The number of piperidine rings is 1. The van der Waals surface area contributed by atoms with Gasteiger partial charge in [0.25, 0.3) is 5.91 Å². The summed E-state index contributed by atoms with van der Waals surface area (Å²) in [4.78, 5) is 27.6. The Morgan fingerprint density at radius 2 is 1.87 bits per heavy atom. The maximum atomic E-state index is 13.6. The Morgan fingerprint density at radius 1 is 1.13 bits per heavy atom. The SMILES string of the molecule is CCOC(=O)C1CCCN(C(=O)c2c(C)nn(-c3ccccc3)c2-n2cccc2)C1. The lowest BCUT2D eigenvalue weighted by atomic mass is 9.97. The van der Waals surface area contributed by atoms with E-state index in [0.717, 1.165) is 18.5 Å². The van der Waals surface area contributed by atoms with Gasteiger partial charge in [0.1, 0.15) is 5.56 Å². The monoisotopic (exact) mass is 406 g/mol. The quantitative estimate of drug-likeness (QED) is 0.609. The highest BCUT2D eigenvalue weighted by Crippen LogP contribution is 2.27. The second-order valence-electron chi connectivity index (χ2n) is 7.46. The molecular formula is C23H26N4O3. The second kappa shape index (κ2) is 8.57. The summed E-state index contributed by atoms with van der Waals surface area (Å²) >= 11 is 0. The van der Waals surface area contributed by atoms with Crippen LogP contribution in [0, 0.1) is 12.8 Å². The minimum atomic E-state index is -0.276. The lowest BCUT2D eigenvalue weighted by molar-refractivity contribution is -0.149. The van der Waals surface area contributed by atoms with Gasteiger partial charge < -0.3 is 14.2 Å². The van der Waals surface area contributed by atoms with E-state index in [1.165, 1.54) is 0 Å². The summed E-state index contributed by atoms with van der Waals surface area (Å²) in [5.41, 5.74) is 2.09. The third kappa shape index (κ3) is 3.75. The number of ether oxygens (including phenoxy) is 1. The molecule has 0 saturated carbocycles. The van der Waals surface area contributed by atoms with Crippen molar-refractivity contribution in [3.8, 4) is 11.5 Å². The highest BCUT2D eigenvalue weighted by molar-refractivity contribution is 5.99. The minimum Gasteiger partial charge on any atom is -0.466 e. The van der Waals surface area contributed by atoms with E-state index in [2.05, 4.69) is 0 Å². The predicted molar refractivity (Wildman–Crippen MR) is 113 cm³/mol. The van der Waals surface area contributed by atoms with E-state index in [4.69, 9.17) is 9.84 Å². The van der Waals surface area contributed by atoms with Gasteiger partial charge in [-0.15, -0.1) is 0 Å². The Bertz CT molecular complexity index is 1020. The van der Waals surface area contributed by atoms with Crippen LogP contribution in [0.25, 0.3) is 11.5 Å². The van der Waals surface area contributed by atoms with Gasteiger partial charge in [-0.3, -0.25) is 9.59 Å². The van der Waals surface area contributed by atoms with Crippen LogP contribution in [-0.4, -0.2) is 50.8 Å². The van der Waals surface area contributed by atoms with Crippen molar-refractivity contribution in [2.75, 3.05) is 19.7 Å². The summed E-state index contributed by atoms with van der Waals surface area (Å²) < 4.78 is 8.90. The largest absolute Gasteiger partial charge is 0.466 e. The molecule has 0 bridgehead atoms. The van der Waals surface area contributed by atoms with Crippen LogP contribution in [-0.2, 0) is 9.53 Å². The zero-order valence-corrected chi connectivity index (χ0v) is 17.3. The van der Waals surface area contributed by atoms with Gasteiger partial charge in [-0.05, 0) is 51.0 Å². The zero-order chi connectivity index (χ0) is 21.1. The average molecular weight is 406 g/mol. The van der Waals surface area contributed by atoms with Gasteiger partial charge in [0.2, 0.25) is 0 Å². The molecule has 0 radical (unpaired) electrons. The second-order valence-corrected chi connectivity index (χ2v) is 7.46. The number of hydrogen-bond acceptors (Lipinski definition) is 4. The molecule has 1 aliphatic heterocycles. The van der Waals surface area contributed by atoms with Crippen LogP contribution in [0.3, 0.4) is 0 Å². The van der Waals surface area contributed by atoms with E-state index in [-0.39, 0.29) is 17.8 Å². The number of rotatable bonds is 5. The van der Waals surface area contributed by atoms with Crippen LogP contribution in [0.4, 0.5) is 0 Å². The van der Waals surface area contributed by atoms with Crippen LogP contribution >= 0.6 is 0 Å². The highest BCUT2D eigenvalue weighted by Gasteiger charge is 2.33. The Kier molecular flexibility index (Phi) is 5.70. The molecule has 1 saturated heterocycles. The van der Waals surface area contributed by atoms with Crippen molar-refractivity contribution in [2.24, 2.45) is 5.92 Å². The number of amides is 1. The molecule has 1 aliphatic rings. The Morgan fingerprint density at radius 3 is 2.57 bits per heavy atom. The molecule has 4 rings (SSSR count). The van der Waals surface area contributed by atoms with Gasteiger partial charge >= 0.3 is 5.97 Å². The van der Waals surface area contributed by atoms with E-state index < -0.39 is 0 Å². The van der Waals surface area contributed by atoms with Crippen LogP contribution < -0.4 is 0 Å². The molecule has 2 aromatic heterocycles. The molecule has 0 aliphatic carbocycles. The lowest BCUT2D eigenvalue weighted by Crippen LogP contribution is -2.43. The van der Waals surface area contributed by atoms with Crippen LogP contribution in [0.1, 0.15) is 35.8 Å². The number of hydrogen-bond donors (Lipinski definition) is 0. The molecule has 7 nitrogen and oxygen atoms in total. The summed E-state index contributed by atoms with van der Waals surface area (Å²) in [6.07, 6.45) is 5.34. The summed E-state index contributed by atoms with van der Waals surface area (Å²) in [5, 5.41) is 4.69. The van der Waals surface area contributed by atoms with Gasteiger partial charge in [-0.1, -0.05) is 18.2 Å². The summed E-state index contributed by atoms with van der Waals surface area (Å²) in [6.45, 7) is 5.00. The number of aromatic nitrogens is 3. The molecule has 7 heteroatoms. The first-order valence-electron chi connectivity index (χ1n) is 10.3. The van der Waals surface area contributed by atoms with E-state index in [9.17, 15) is 9.59 Å². The van der Waals surface area contributed by atoms with E-state index in [0.29, 0.717) is 36.8 Å². The first kappa shape index (κ1) is 19.9. The average Bonchev–Trinajstić information content (AvgIpc) is 3.42. The maximum absolute atomic E-state index is 13.6. The molecule has 1 atom stereocenters. The molecular weight excluding hydrogens is 380 g/mol. The molecule has 3 heterocycles. The van der Waals surface area contributed by atoms with Gasteiger partial charge in [0, 0.05) is 25.5 Å². The third-order valence-corrected chi connectivity index (χ3v) is 5.43. The molecule has 1 aromatic carbocycles. The van der Waals surface area contributed by atoms with Crippen molar-refractivity contribution in [1.82, 2.24) is 19.2 Å². The van der Waals surface area contributed by atoms with Crippen molar-refractivity contribution in [2.45, 2.75) is 26.7 Å². The number of nitrogens with zero attached hydrogens (tertiary/aromatic N) is 4. The summed E-state index contributed by atoms with van der Waals surface area (Å²) in [6, 6.07) is 13.6.